The molecule has 2 N–H and O–H groups in total. The first-order valence-corrected chi connectivity index (χ1v) is 7.42. The maximum Gasteiger partial charge on any atom is 0.119 e. The summed E-state index contributed by atoms with van der Waals surface area (Å²) in [6.07, 6.45) is 1.79. The van der Waals surface area contributed by atoms with Crippen molar-refractivity contribution >= 4 is 26.8 Å². The van der Waals surface area contributed by atoms with Gasteiger partial charge < -0.3 is 10.5 Å². The zero-order valence-electron chi connectivity index (χ0n) is 11.6. The van der Waals surface area contributed by atoms with Gasteiger partial charge in [0.25, 0.3) is 0 Å². The third-order valence-corrected chi connectivity index (χ3v) is 4.25. The summed E-state index contributed by atoms with van der Waals surface area (Å²) in [7, 11) is 1.65. The van der Waals surface area contributed by atoms with E-state index in [0.29, 0.717) is 0 Å². The van der Waals surface area contributed by atoms with Gasteiger partial charge in [0.15, 0.2) is 0 Å². The molecule has 0 aliphatic heterocycles. The molecule has 3 aromatic rings. The summed E-state index contributed by atoms with van der Waals surface area (Å²) in [5.41, 5.74) is 9.44. The highest BCUT2D eigenvalue weighted by Gasteiger charge is 2.14. The highest BCUT2D eigenvalue weighted by atomic mass is 79.9. The molecule has 106 valence electrons. The van der Waals surface area contributed by atoms with Gasteiger partial charge in [0.05, 0.1) is 18.7 Å². The predicted molar refractivity (Wildman–Crippen MR) is 88.5 cm³/mol. The Morgan fingerprint density at radius 3 is 2.81 bits per heavy atom. The van der Waals surface area contributed by atoms with Crippen LogP contribution in [-0.4, -0.2) is 12.1 Å². The van der Waals surface area contributed by atoms with Gasteiger partial charge in [0.1, 0.15) is 5.75 Å². The second-order valence-corrected chi connectivity index (χ2v) is 5.67. The van der Waals surface area contributed by atoms with Crippen molar-refractivity contribution in [3.05, 3.63) is 70.3 Å². The van der Waals surface area contributed by atoms with Crippen molar-refractivity contribution in [2.45, 2.75) is 6.04 Å². The molecule has 0 fully saturated rings. The Labute approximate surface area is 131 Å². The first kappa shape index (κ1) is 14.0. The lowest BCUT2D eigenvalue weighted by Crippen LogP contribution is -2.12. The maximum absolute atomic E-state index is 6.43. The van der Waals surface area contributed by atoms with Crippen LogP contribution in [0.3, 0.4) is 0 Å². The Hall–Kier alpha value is -1.91. The van der Waals surface area contributed by atoms with E-state index in [9.17, 15) is 0 Å². The van der Waals surface area contributed by atoms with Crippen LogP contribution in [0.5, 0.6) is 5.75 Å². The lowest BCUT2D eigenvalue weighted by Gasteiger charge is -2.16. The minimum atomic E-state index is -0.223. The minimum Gasteiger partial charge on any atom is -0.497 e. The summed E-state index contributed by atoms with van der Waals surface area (Å²) in [6, 6.07) is 15.7. The van der Waals surface area contributed by atoms with Crippen molar-refractivity contribution in [2.75, 3.05) is 7.11 Å². The standard InChI is InChI=1S/C17H15BrN2O/c1-21-13-5-6-15(18)14(10-13)17(19)12-4-7-16-11(9-12)3-2-8-20-16/h2-10,17H,19H2,1H3. The Bertz CT molecular complexity index is 789. The van der Waals surface area contributed by atoms with Crippen molar-refractivity contribution in [3.63, 3.8) is 0 Å². The van der Waals surface area contributed by atoms with Gasteiger partial charge in [0, 0.05) is 16.1 Å². The topological polar surface area (TPSA) is 48.1 Å². The normalized spacial score (nSPS) is 12.3. The van der Waals surface area contributed by atoms with Crippen LogP contribution >= 0.6 is 15.9 Å². The fourth-order valence-electron chi connectivity index (χ4n) is 2.35. The summed E-state index contributed by atoms with van der Waals surface area (Å²) in [5, 5.41) is 1.09. The number of pyridine rings is 1. The quantitative estimate of drug-likeness (QED) is 0.780. The molecular formula is C17H15BrN2O. The number of ether oxygens (including phenoxy) is 1. The number of halogens is 1. The van der Waals surface area contributed by atoms with Crippen LogP contribution in [0.25, 0.3) is 10.9 Å². The predicted octanol–water partition coefficient (Wildman–Crippen LogP) is 4.05. The molecule has 0 saturated heterocycles. The van der Waals surface area contributed by atoms with Gasteiger partial charge in [-0.25, -0.2) is 0 Å². The molecule has 21 heavy (non-hydrogen) atoms. The van der Waals surface area contributed by atoms with E-state index in [1.807, 2.05) is 42.5 Å². The minimum absolute atomic E-state index is 0.223. The van der Waals surface area contributed by atoms with Crippen molar-refractivity contribution in [1.29, 1.82) is 0 Å². The molecule has 0 bridgehead atoms. The molecule has 0 aliphatic rings. The van der Waals surface area contributed by atoms with Crippen LogP contribution in [0.1, 0.15) is 17.2 Å². The van der Waals surface area contributed by atoms with Gasteiger partial charge in [-0.3, -0.25) is 4.98 Å². The number of hydrogen-bond donors (Lipinski definition) is 1. The van der Waals surface area contributed by atoms with E-state index in [0.717, 1.165) is 32.3 Å². The third kappa shape index (κ3) is 2.77. The van der Waals surface area contributed by atoms with Gasteiger partial charge >= 0.3 is 0 Å². The first-order valence-electron chi connectivity index (χ1n) is 6.63. The van der Waals surface area contributed by atoms with Gasteiger partial charge in [0.2, 0.25) is 0 Å². The van der Waals surface area contributed by atoms with E-state index in [2.05, 4.69) is 27.0 Å². The zero-order valence-corrected chi connectivity index (χ0v) is 13.2. The highest BCUT2D eigenvalue weighted by Crippen LogP contribution is 2.31. The molecule has 3 nitrogen and oxygen atoms in total. The zero-order chi connectivity index (χ0) is 14.8. The Morgan fingerprint density at radius 2 is 2.00 bits per heavy atom. The summed E-state index contributed by atoms with van der Waals surface area (Å²) >= 11 is 3.56. The second-order valence-electron chi connectivity index (χ2n) is 4.82. The summed E-state index contributed by atoms with van der Waals surface area (Å²) in [5.74, 6) is 0.797. The monoisotopic (exact) mass is 342 g/mol. The number of nitrogens with two attached hydrogens (primary N) is 1. The number of methoxy groups -OCH3 is 1. The van der Waals surface area contributed by atoms with E-state index in [-0.39, 0.29) is 6.04 Å². The van der Waals surface area contributed by atoms with Crippen LogP contribution in [0.4, 0.5) is 0 Å². The number of rotatable bonds is 3. The molecule has 1 atom stereocenters. The molecular weight excluding hydrogens is 328 g/mol. The van der Waals surface area contributed by atoms with Crippen molar-refractivity contribution in [1.82, 2.24) is 4.98 Å². The average molecular weight is 343 g/mol. The maximum atomic E-state index is 6.43. The van der Waals surface area contributed by atoms with Crippen LogP contribution in [0.2, 0.25) is 0 Å². The van der Waals surface area contributed by atoms with Crippen molar-refractivity contribution in [2.24, 2.45) is 5.73 Å². The fraction of sp³-hybridized carbons (Fsp3) is 0.118. The Kier molecular flexibility index (Phi) is 3.90. The molecule has 0 amide bonds. The number of benzene rings is 2. The largest absolute Gasteiger partial charge is 0.497 e. The molecule has 0 aliphatic carbocycles. The van der Waals surface area contributed by atoms with Crippen molar-refractivity contribution in [3.8, 4) is 5.75 Å². The Morgan fingerprint density at radius 1 is 1.14 bits per heavy atom. The molecule has 1 aromatic heterocycles. The molecule has 3 rings (SSSR count). The number of aromatic nitrogens is 1. The van der Waals surface area contributed by atoms with Gasteiger partial charge in [-0.05, 0) is 47.5 Å². The van der Waals surface area contributed by atoms with Crippen LogP contribution in [0.15, 0.2) is 59.2 Å². The van der Waals surface area contributed by atoms with E-state index in [1.165, 1.54) is 0 Å². The smallest absolute Gasteiger partial charge is 0.119 e. The van der Waals surface area contributed by atoms with Crippen molar-refractivity contribution < 1.29 is 4.74 Å². The summed E-state index contributed by atoms with van der Waals surface area (Å²) in [4.78, 5) is 4.33. The lowest BCUT2D eigenvalue weighted by molar-refractivity contribution is 0.414. The summed E-state index contributed by atoms with van der Waals surface area (Å²) < 4.78 is 6.25. The van der Waals surface area contributed by atoms with E-state index >= 15 is 0 Å². The Balaban J connectivity index is 2.05. The number of nitrogens with zero attached hydrogens (tertiary/aromatic N) is 1. The third-order valence-electron chi connectivity index (χ3n) is 3.52. The second kappa shape index (κ2) is 5.84. The molecule has 0 saturated carbocycles. The van der Waals surface area contributed by atoms with Gasteiger partial charge in [-0.15, -0.1) is 0 Å². The van der Waals surface area contributed by atoms with E-state index in [4.69, 9.17) is 10.5 Å². The molecule has 0 radical (unpaired) electrons. The molecule has 2 aromatic carbocycles. The average Bonchev–Trinajstić information content (AvgIpc) is 2.54. The molecule has 4 heteroatoms. The van der Waals surface area contributed by atoms with Gasteiger partial charge in [-0.1, -0.05) is 28.1 Å². The van der Waals surface area contributed by atoms with Gasteiger partial charge in [-0.2, -0.15) is 0 Å². The van der Waals surface area contributed by atoms with E-state index in [1.54, 1.807) is 13.3 Å². The lowest BCUT2D eigenvalue weighted by atomic mass is 9.98. The molecule has 1 unspecified atom stereocenters. The van der Waals surface area contributed by atoms with Crippen LogP contribution in [-0.2, 0) is 0 Å². The fourth-order valence-corrected chi connectivity index (χ4v) is 2.85. The molecule has 1 heterocycles. The number of fused-ring (bicyclic) bond motifs is 1. The number of hydrogen-bond acceptors (Lipinski definition) is 3. The van der Waals surface area contributed by atoms with E-state index < -0.39 is 0 Å². The van der Waals surface area contributed by atoms with Crippen LogP contribution < -0.4 is 10.5 Å². The highest BCUT2D eigenvalue weighted by molar-refractivity contribution is 9.10. The first-order chi connectivity index (χ1) is 10.2. The van der Waals surface area contributed by atoms with Crippen LogP contribution in [0, 0.1) is 0 Å². The summed E-state index contributed by atoms with van der Waals surface area (Å²) in [6.45, 7) is 0. The molecule has 0 spiro atoms. The SMILES string of the molecule is COc1ccc(Br)c(C(N)c2ccc3ncccc3c2)c1.